The van der Waals surface area contributed by atoms with E-state index in [4.69, 9.17) is 23.8 Å². The third kappa shape index (κ3) is 3.03. The fourth-order valence-corrected chi connectivity index (χ4v) is 2.76. The molecule has 0 spiro atoms. The molecule has 0 saturated carbocycles. The van der Waals surface area contributed by atoms with Gasteiger partial charge >= 0.3 is 0 Å². The van der Waals surface area contributed by atoms with E-state index >= 15 is 0 Å². The monoisotopic (exact) mass is 325 g/mol. The van der Waals surface area contributed by atoms with Crippen molar-refractivity contribution in [2.75, 3.05) is 0 Å². The lowest BCUT2D eigenvalue weighted by atomic mass is 9.93. The van der Waals surface area contributed by atoms with Gasteiger partial charge in [0, 0.05) is 34.0 Å². The van der Waals surface area contributed by atoms with Crippen molar-refractivity contribution < 1.29 is 9.72 Å². The predicted octanol–water partition coefficient (Wildman–Crippen LogP) is 2.63. The number of benzene rings is 1. The van der Waals surface area contributed by atoms with Gasteiger partial charge < -0.3 is 10.6 Å². The number of non-ortho nitro benzene ring substituents is 1. The Bertz CT molecular complexity index is 687. The van der Waals surface area contributed by atoms with Gasteiger partial charge in [-0.3, -0.25) is 14.9 Å². The molecule has 21 heavy (non-hydrogen) atoms. The molecule has 0 bridgehead atoms. The maximum atomic E-state index is 11.9. The molecule has 0 saturated heterocycles. The molecule has 1 aliphatic heterocycles. The predicted molar refractivity (Wildman–Crippen MR) is 83.1 cm³/mol. The van der Waals surface area contributed by atoms with Crippen molar-refractivity contribution in [3.63, 3.8) is 0 Å². The molecule has 110 valence electrons. The van der Waals surface area contributed by atoms with Gasteiger partial charge in [0.05, 0.1) is 11.0 Å². The lowest BCUT2D eigenvalue weighted by Crippen LogP contribution is -2.44. The third-order valence-electron chi connectivity index (χ3n) is 3.15. The van der Waals surface area contributed by atoms with Gasteiger partial charge in [-0.15, -0.1) is 0 Å². The molecule has 0 amide bonds. The van der Waals surface area contributed by atoms with Crippen molar-refractivity contribution >= 4 is 40.4 Å². The standard InChI is InChI=1S/C13H12ClN3O3S/c1-6-11(7(2)18)12(16-13(21)15-6)9-5-8(17(19)20)3-4-10(9)14/h3-5,12H,1-2H3,(H2,15,16,21). The topological polar surface area (TPSA) is 84.3 Å². The number of rotatable bonds is 3. The molecule has 1 aliphatic rings. The number of nitro groups is 1. The lowest BCUT2D eigenvalue weighted by molar-refractivity contribution is -0.384. The average Bonchev–Trinajstić information content (AvgIpc) is 2.37. The van der Waals surface area contributed by atoms with E-state index in [2.05, 4.69) is 10.6 Å². The second-order valence-corrected chi connectivity index (χ2v) is 5.40. The first-order valence-corrected chi connectivity index (χ1v) is 6.83. The number of allylic oxidation sites excluding steroid dienone is 1. The summed E-state index contributed by atoms with van der Waals surface area (Å²) in [5.74, 6) is -0.164. The van der Waals surface area contributed by atoms with Crippen LogP contribution in [-0.4, -0.2) is 15.8 Å². The first-order valence-electron chi connectivity index (χ1n) is 6.04. The maximum Gasteiger partial charge on any atom is 0.269 e. The van der Waals surface area contributed by atoms with Crippen LogP contribution in [0.2, 0.25) is 5.02 Å². The highest BCUT2D eigenvalue weighted by Crippen LogP contribution is 2.34. The Labute approximate surface area is 131 Å². The zero-order valence-corrected chi connectivity index (χ0v) is 12.8. The van der Waals surface area contributed by atoms with E-state index in [1.807, 2.05) is 0 Å². The van der Waals surface area contributed by atoms with Crippen molar-refractivity contribution in [2.24, 2.45) is 0 Å². The number of carbonyl (C=O) groups excluding carboxylic acids is 1. The van der Waals surface area contributed by atoms with E-state index in [0.29, 0.717) is 27.0 Å². The van der Waals surface area contributed by atoms with Gasteiger partial charge in [-0.25, -0.2) is 0 Å². The number of hydrogen-bond acceptors (Lipinski definition) is 4. The van der Waals surface area contributed by atoms with Gasteiger partial charge in [-0.05, 0) is 32.1 Å². The minimum Gasteiger partial charge on any atom is -0.351 e. The number of carbonyl (C=O) groups is 1. The van der Waals surface area contributed by atoms with Crippen LogP contribution in [0.25, 0.3) is 0 Å². The first-order chi connectivity index (χ1) is 9.81. The normalized spacial score (nSPS) is 18.0. The first kappa shape index (κ1) is 15.4. The molecule has 6 nitrogen and oxygen atoms in total. The molecular formula is C13H12ClN3O3S. The number of Topliss-reactive ketones (excluding diaryl/α,β-unsaturated/α-hetero) is 1. The summed E-state index contributed by atoms with van der Waals surface area (Å²) in [4.78, 5) is 22.3. The molecule has 2 rings (SSSR count). The van der Waals surface area contributed by atoms with Crippen molar-refractivity contribution in [1.29, 1.82) is 0 Å². The lowest BCUT2D eigenvalue weighted by Gasteiger charge is -2.30. The summed E-state index contributed by atoms with van der Waals surface area (Å²) in [5.41, 5.74) is 1.41. The van der Waals surface area contributed by atoms with E-state index in [1.165, 1.54) is 25.1 Å². The van der Waals surface area contributed by atoms with Crippen LogP contribution in [0.15, 0.2) is 29.5 Å². The highest BCUT2D eigenvalue weighted by Gasteiger charge is 2.30. The van der Waals surface area contributed by atoms with Gasteiger partial charge in [0.15, 0.2) is 10.9 Å². The largest absolute Gasteiger partial charge is 0.351 e. The van der Waals surface area contributed by atoms with Crippen LogP contribution in [0.4, 0.5) is 5.69 Å². The minimum absolute atomic E-state index is 0.0961. The summed E-state index contributed by atoms with van der Waals surface area (Å²) >= 11 is 11.2. The molecule has 1 heterocycles. The zero-order valence-electron chi connectivity index (χ0n) is 11.3. The molecule has 2 N–H and O–H groups in total. The Kier molecular flexibility index (Phi) is 4.24. The van der Waals surface area contributed by atoms with E-state index < -0.39 is 11.0 Å². The van der Waals surface area contributed by atoms with Gasteiger partial charge in [0.2, 0.25) is 0 Å². The fraction of sp³-hybridized carbons (Fsp3) is 0.231. The Morgan fingerprint density at radius 1 is 1.48 bits per heavy atom. The molecule has 1 atom stereocenters. The third-order valence-corrected chi connectivity index (χ3v) is 3.71. The summed E-state index contributed by atoms with van der Waals surface area (Å²) in [6.07, 6.45) is 0. The Balaban J connectivity index is 2.60. The van der Waals surface area contributed by atoms with Gasteiger partial charge in [0.1, 0.15) is 0 Å². The van der Waals surface area contributed by atoms with Gasteiger partial charge in [-0.2, -0.15) is 0 Å². The van der Waals surface area contributed by atoms with Crippen LogP contribution >= 0.6 is 23.8 Å². The molecular weight excluding hydrogens is 314 g/mol. The number of halogens is 1. The minimum atomic E-state index is -0.608. The van der Waals surface area contributed by atoms with Crippen LogP contribution in [0.1, 0.15) is 25.5 Å². The SMILES string of the molecule is CC(=O)C1=C(C)NC(=S)NC1c1cc([N+](=O)[O-])ccc1Cl. The van der Waals surface area contributed by atoms with E-state index in [1.54, 1.807) is 6.92 Å². The van der Waals surface area contributed by atoms with Crippen LogP contribution in [0.3, 0.4) is 0 Å². The fourth-order valence-electron chi connectivity index (χ4n) is 2.26. The summed E-state index contributed by atoms with van der Waals surface area (Å²) < 4.78 is 0. The highest BCUT2D eigenvalue weighted by atomic mass is 35.5. The molecule has 0 radical (unpaired) electrons. The van der Waals surface area contributed by atoms with Crippen LogP contribution in [0, 0.1) is 10.1 Å². The van der Waals surface area contributed by atoms with Gasteiger partial charge in [-0.1, -0.05) is 11.6 Å². The molecule has 1 unspecified atom stereocenters. The number of hydrogen-bond donors (Lipinski definition) is 2. The number of ketones is 1. The molecule has 1 aromatic carbocycles. The average molecular weight is 326 g/mol. The number of nitrogens with zero attached hydrogens (tertiary/aromatic N) is 1. The van der Waals surface area contributed by atoms with E-state index in [-0.39, 0.29) is 11.5 Å². The van der Waals surface area contributed by atoms with Crippen LogP contribution < -0.4 is 10.6 Å². The highest BCUT2D eigenvalue weighted by molar-refractivity contribution is 7.80. The molecule has 0 aromatic heterocycles. The maximum absolute atomic E-state index is 11.9. The van der Waals surface area contributed by atoms with Crippen molar-refractivity contribution in [2.45, 2.75) is 19.9 Å². The second-order valence-electron chi connectivity index (χ2n) is 4.59. The summed E-state index contributed by atoms with van der Waals surface area (Å²) in [7, 11) is 0. The Morgan fingerprint density at radius 3 is 2.71 bits per heavy atom. The molecule has 0 aliphatic carbocycles. The molecule has 0 fully saturated rings. The van der Waals surface area contributed by atoms with Gasteiger partial charge in [0.25, 0.3) is 5.69 Å². The number of nitro benzene ring substituents is 1. The van der Waals surface area contributed by atoms with Crippen molar-refractivity contribution in [1.82, 2.24) is 10.6 Å². The quantitative estimate of drug-likeness (QED) is 0.505. The number of thiocarbonyl (C=S) groups is 1. The smallest absolute Gasteiger partial charge is 0.269 e. The summed E-state index contributed by atoms with van der Waals surface area (Å²) in [6, 6.07) is 3.50. The van der Waals surface area contributed by atoms with Crippen LogP contribution in [0.5, 0.6) is 0 Å². The number of nitrogens with one attached hydrogen (secondary N) is 2. The van der Waals surface area contributed by atoms with Crippen LogP contribution in [-0.2, 0) is 4.79 Å². The summed E-state index contributed by atoms with van der Waals surface area (Å²) in [6.45, 7) is 3.15. The Hall–Kier alpha value is -1.99. The van der Waals surface area contributed by atoms with Crippen molar-refractivity contribution in [3.05, 3.63) is 50.2 Å². The molecule has 1 aromatic rings. The molecule has 8 heteroatoms. The van der Waals surface area contributed by atoms with E-state index in [0.717, 1.165) is 0 Å². The Morgan fingerprint density at radius 2 is 2.14 bits per heavy atom. The summed E-state index contributed by atoms with van der Waals surface area (Å²) in [5, 5.41) is 17.4. The van der Waals surface area contributed by atoms with Crippen molar-refractivity contribution in [3.8, 4) is 0 Å². The second kappa shape index (κ2) is 5.79. The zero-order chi connectivity index (χ0) is 15.7. The van der Waals surface area contributed by atoms with E-state index in [9.17, 15) is 14.9 Å².